The number of halogens is 2. The molecule has 0 saturated carbocycles. The summed E-state index contributed by atoms with van der Waals surface area (Å²) < 4.78 is 20.4. The van der Waals surface area contributed by atoms with Crippen molar-refractivity contribution in [2.75, 3.05) is 0 Å². The van der Waals surface area contributed by atoms with Gasteiger partial charge in [-0.25, -0.2) is 4.39 Å². The second kappa shape index (κ2) is 6.54. The number of furan rings is 1. The molecule has 3 aromatic rings. The van der Waals surface area contributed by atoms with Crippen molar-refractivity contribution >= 4 is 23.4 Å². The first kappa shape index (κ1) is 15.1. The van der Waals surface area contributed by atoms with Gasteiger partial charge in [0.1, 0.15) is 5.82 Å². The first-order chi connectivity index (χ1) is 10.7. The number of nitrogens with zero attached hydrogens (tertiary/aromatic N) is 3. The summed E-state index contributed by atoms with van der Waals surface area (Å²) in [6.45, 7) is 2.74. The van der Waals surface area contributed by atoms with Crippen molar-refractivity contribution < 1.29 is 8.81 Å². The lowest BCUT2D eigenvalue weighted by atomic mass is 10.2. The fraction of sp³-hybridized carbons (Fsp3) is 0.200. The second-order valence-electron chi connectivity index (χ2n) is 4.55. The Morgan fingerprint density at radius 2 is 2.18 bits per heavy atom. The standard InChI is InChI=1S/C15H13ClFN3OS/c1-2-20-14(13-4-3-7-21-13)18-19-15(20)22-9-10-5-6-11(17)8-12(10)16/h3-8H,2,9H2,1H3. The van der Waals surface area contributed by atoms with E-state index in [0.29, 0.717) is 22.4 Å². The van der Waals surface area contributed by atoms with Crippen LogP contribution in [0.3, 0.4) is 0 Å². The van der Waals surface area contributed by atoms with Crippen molar-refractivity contribution in [3.63, 3.8) is 0 Å². The van der Waals surface area contributed by atoms with Crippen LogP contribution in [0.4, 0.5) is 4.39 Å². The molecular weight excluding hydrogens is 325 g/mol. The van der Waals surface area contributed by atoms with E-state index in [0.717, 1.165) is 17.3 Å². The van der Waals surface area contributed by atoms with Crippen molar-refractivity contribution in [2.24, 2.45) is 0 Å². The third kappa shape index (κ3) is 3.03. The predicted octanol–water partition coefficient (Wildman–Crippen LogP) is 4.64. The molecule has 1 aromatic carbocycles. The van der Waals surface area contributed by atoms with E-state index < -0.39 is 0 Å². The molecule has 7 heteroatoms. The van der Waals surface area contributed by atoms with Gasteiger partial charge in [0.25, 0.3) is 0 Å². The Morgan fingerprint density at radius 1 is 1.32 bits per heavy atom. The molecule has 3 rings (SSSR count). The Hall–Kier alpha value is -1.79. The summed E-state index contributed by atoms with van der Waals surface area (Å²) in [7, 11) is 0. The van der Waals surface area contributed by atoms with Crippen LogP contribution in [-0.2, 0) is 12.3 Å². The van der Waals surface area contributed by atoms with Gasteiger partial charge in [-0.1, -0.05) is 29.4 Å². The van der Waals surface area contributed by atoms with Gasteiger partial charge in [-0.05, 0) is 36.8 Å². The maximum atomic E-state index is 13.1. The van der Waals surface area contributed by atoms with Crippen LogP contribution in [0, 0.1) is 5.82 Å². The monoisotopic (exact) mass is 337 g/mol. The highest BCUT2D eigenvalue weighted by Crippen LogP contribution is 2.29. The Bertz CT molecular complexity index is 773. The van der Waals surface area contributed by atoms with Gasteiger partial charge >= 0.3 is 0 Å². The van der Waals surface area contributed by atoms with Gasteiger partial charge < -0.3 is 4.42 Å². The Morgan fingerprint density at radius 3 is 2.86 bits per heavy atom. The molecular formula is C15H13ClFN3OS. The average molecular weight is 338 g/mol. The molecule has 2 aromatic heterocycles. The van der Waals surface area contributed by atoms with Crippen LogP contribution in [-0.4, -0.2) is 14.8 Å². The molecule has 0 unspecified atom stereocenters. The van der Waals surface area contributed by atoms with Crippen LogP contribution in [0.1, 0.15) is 12.5 Å². The third-order valence-corrected chi connectivity index (χ3v) is 4.51. The van der Waals surface area contributed by atoms with Crippen molar-refractivity contribution in [3.8, 4) is 11.6 Å². The summed E-state index contributed by atoms with van der Waals surface area (Å²) in [6, 6.07) is 8.07. The van der Waals surface area contributed by atoms with Gasteiger partial charge in [0, 0.05) is 17.3 Å². The summed E-state index contributed by atoms with van der Waals surface area (Å²) >= 11 is 7.55. The summed E-state index contributed by atoms with van der Waals surface area (Å²) in [5.41, 5.74) is 0.860. The molecule has 0 fully saturated rings. The maximum Gasteiger partial charge on any atom is 0.200 e. The van der Waals surface area contributed by atoms with Crippen LogP contribution in [0.15, 0.2) is 46.2 Å². The normalized spacial score (nSPS) is 11.0. The Labute approximate surface area is 136 Å². The smallest absolute Gasteiger partial charge is 0.200 e. The summed E-state index contributed by atoms with van der Waals surface area (Å²) in [4.78, 5) is 0. The zero-order valence-corrected chi connectivity index (χ0v) is 13.4. The van der Waals surface area contributed by atoms with Gasteiger partial charge in [0.05, 0.1) is 6.26 Å². The molecule has 2 heterocycles. The van der Waals surface area contributed by atoms with E-state index in [9.17, 15) is 4.39 Å². The van der Waals surface area contributed by atoms with Crippen LogP contribution in [0.5, 0.6) is 0 Å². The molecule has 0 aliphatic rings. The van der Waals surface area contributed by atoms with Crippen molar-refractivity contribution in [1.82, 2.24) is 14.8 Å². The van der Waals surface area contributed by atoms with Crippen LogP contribution < -0.4 is 0 Å². The Kier molecular flexibility index (Phi) is 4.49. The van der Waals surface area contributed by atoms with E-state index in [1.54, 1.807) is 12.3 Å². The fourth-order valence-corrected chi connectivity index (χ4v) is 3.37. The third-order valence-electron chi connectivity index (χ3n) is 3.15. The zero-order valence-electron chi connectivity index (χ0n) is 11.8. The van der Waals surface area contributed by atoms with E-state index >= 15 is 0 Å². The molecule has 114 valence electrons. The van der Waals surface area contributed by atoms with Gasteiger partial charge in [-0.15, -0.1) is 10.2 Å². The quantitative estimate of drug-likeness (QED) is 0.636. The molecule has 0 amide bonds. The molecule has 0 saturated heterocycles. The van der Waals surface area contributed by atoms with Crippen LogP contribution in [0.25, 0.3) is 11.6 Å². The summed E-state index contributed by atoms with van der Waals surface area (Å²) in [6.07, 6.45) is 1.61. The topological polar surface area (TPSA) is 43.9 Å². The van der Waals surface area contributed by atoms with Crippen molar-refractivity contribution in [3.05, 3.63) is 53.0 Å². The van der Waals surface area contributed by atoms with Gasteiger partial charge in [0.2, 0.25) is 0 Å². The summed E-state index contributed by atoms with van der Waals surface area (Å²) in [5, 5.41) is 9.58. The molecule has 0 aliphatic heterocycles. The molecule has 0 atom stereocenters. The van der Waals surface area contributed by atoms with Crippen molar-refractivity contribution in [1.29, 1.82) is 0 Å². The lowest BCUT2D eigenvalue weighted by Crippen LogP contribution is -1.99. The van der Waals surface area contributed by atoms with Crippen LogP contribution >= 0.6 is 23.4 Å². The fourth-order valence-electron chi connectivity index (χ4n) is 2.05. The van der Waals surface area contributed by atoms with Gasteiger partial charge in [-0.3, -0.25) is 4.57 Å². The Balaban J connectivity index is 1.81. The molecule has 4 nitrogen and oxygen atoms in total. The van der Waals surface area contributed by atoms with E-state index in [1.165, 1.54) is 23.9 Å². The number of rotatable bonds is 5. The zero-order chi connectivity index (χ0) is 15.5. The summed E-state index contributed by atoms with van der Waals surface area (Å²) in [5.74, 6) is 1.63. The van der Waals surface area contributed by atoms with Crippen molar-refractivity contribution in [2.45, 2.75) is 24.4 Å². The maximum absolute atomic E-state index is 13.1. The number of hydrogen-bond donors (Lipinski definition) is 0. The molecule has 0 N–H and O–H groups in total. The lowest BCUT2D eigenvalue weighted by molar-refractivity contribution is 0.567. The molecule has 0 bridgehead atoms. The minimum Gasteiger partial charge on any atom is -0.461 e. The number of aromatic nitrogens is 3. The van der Waals surface area contributed by atoms with E-state index in [1.807, 2.05) is 23.6 Å². The van der Waals surface area contributed by atoms with Crippen LogP contribution in [0.2, 0.25) is 5.02 Å². The number of hydrogen-bond acceptors (Lipinski definition) is 4. The molecule has 0 spiro atoms. The van der Waals surface area contributed by atoms with Gasteiger partial charge in [-0.2, -0.15) is 0 Å². The highest BCUT2D eigenvalue weighted by molar-refractivity contribution is 7.98. The largest absolute Gasteiger partial charge is 0.461 e. The van der Waals surface area contributed by atoms with Gasteiger partial charge in [0.15, 0.2) is 16.7 Å². The second-order valence-corrected chi connectivity index (χ2v) is 5.90. The predicted molar refractivity (Wildman–Crippen MR) is 84.4 cm³/mol. The van der Waals surface area contributed by atoms with E-state index in [4.69, 9.17) is 16.0 Å². The minimum atomic E-state index is -0.337. The lowest BCUT2D eigenvalue weighted by Gasteiger charge is -2.07. The first-order valence-corrected chi connectivity index (χ1v) is 8.09. The molecule has 22 heavy (non-hydrogen) atoms. The molecule has 0 aliphatic carbocycles. The number of thioether (sulfide) groups is 1. The minimum absolute atomic E-state index is 0.337. The highest BCUT2D eigenvalue weighted by Gasteiger charge is 2.15. The van der Waals surface area contributed by atoms with E-state index in [2.05, 4.69) is 10.2 Å². The highest BCUT2D eigenvalue weighted by atomic mass is 35.5. The molecule has 0 radical (unpaired) electrons. The average Bonchev–Trinajstić information content (AvgIpc) is 3.15. The first-order valence-electron chi connectivity index (χ1n) is 6.73. The number of benzene rings is 1. The SMILES string of the molecule is CCn1c(SCc2ccc(F)cc2Cl)nnc1-c1ccco1. The van der Waals surface area contributed by atoms with E-state index in [-0.39, 0.29) is 5.82 Å².